The van der Waals surface area contributed by atoms with Crippen molar-refractivity contribution in [1.82, 2.24) is 0 Å². The second-order valence-electron chi connectivity index (χ2n) is 1.78. The molecule has 64 valence electrons. The van der Waals surface area contributed by atoms with E-state index < -0.39 is 18.0 Å². The van der Waals surface area contributed by atoms with Gasteiger partial charge in [-0.3, -0.25) is 0 Å². The summed E-state index contributed by atoms with van der Waals surface area (Å²) in [4.78, 5) is 10.5. The van der Waals surface area contributed by atoms with E-state index in [0.29, 0.717) is 0 Å². The van der Waals surface area contributed by atoms with Crippen molar-refractivity contribution in [2.75, 3.05) is 0 Å². The van der Waals surface area contributed by atoms with Crippen LogP contribution in [-0.2, 0) is 9.53 Å². The molecule has 0 fully saturated rings. The third-order valence-electron chi connectivity index (χ3n) is 0.924. The van der Waals surface area contributed by atoms with Gasteiger partial charge in [-0.15, -0.1) is 0 Å². The molecule has 0 aromatic carbocycles. The molecule has 0 aliphatic heterocycles. The summed E-state index contributed by atoms with van der Waals surface area (Å²) >= 11 is 0. The molecule has 0 amide bonds. The standard InChI is InChI=1S/C6H10O5/c1-2-5(9)11-6(10)4(8)3-7/h3,5,7-9H,2H2,1H3/b4-3-. The van der Waals surface area contributed by atoms with Crippen LogP contribution in [0.4, 0.5) is 0 Å². The fourth-order valence-electron chi connectivity index (χ4n) is 0.320. The molecule has 0 aromatic rings. The van der Waals surface area contributed by atoms with Crippen molar-refractivity contribution in [3.8, 4) is 0 Å². The highest BCUT2D eigenvalue weighted by Crippen LogP contribution is 1.97. The summed E-state index contributed by atoms with van der Waals surface area (Å²) in [6.07, 6.45) is -0.820. The van der Waals surface area contributed by atoms with Crippen LogP contribution < -0.4 is 0 Å². The Hall–Kier alpha value is -1.23. The van der Waals surface area contributed by atoms with Crippen LogP contribution in [0.2, 0.25) is 0 Å². The van der Waals surface area contributed by atoms with E-state index >= 15 is 0 Å². The third kappa shape index (κ3) is 3.47. The second kappa shape index (κ2) is 4.56. The minimum absolute atomic E-state index is 0.199. The van der Waals surface area contributed by atoms with Crippen LogP contribution in [0.25, 0.3) is 0 Å². The van der Waals surface area contributed by atoms with Crippen molar-refractivity contribution < 1.29 is 24.9 Å². The topological polar surface area (TPSA) is 87.0 Å². The minimum Gasteiger partial charge on any atom is -0.511 e. The fourth-order valence-corrected chi connectivity index (χ4v) is 0.320. The summed E-state index contributed by atoms with van der Waals surface area (Å²) in [5, 5.41) is 25.3. The van der Waals surface area contributed by atoms with E-state index in [9.17, 15) is 4.79 Å². The molecule has 0 aliphatic carbocycles. The van der Waals surface area contributed by atoms with Gasteiger partial charge in [-0.05, 0) is 0 Å². The minimum atomic E-state index is -1.25. The highest BCUT2D eigenvalue weighted by Gasteiger charge is 2.12. The molecule has 0 aliphatic rings. The third-order valence-corrected chi connectivity index (χ3v) is 0.924. The maximum absolute atomic E-state index is 10.5. The van der Waals surface area contributed by atoms with Crippen molar-refractivity contribution in [1.29, 1.82) is 0 Å². The lowest BCUT2D eigenvalue weighted by Crippen LogP contribution is -2.17. The molecule has 0 spiro atoms. The van der Waals surface area contributed by atoms with Gasteiger partial charge in [0.15, 0.2) is 0 Å². The first-order chi connectivity index (χ1) is 5.11. The zero-order valence-electron chi connectivity index (χ0n) is 6.02. The van der Waals surface area contributed by atoms with Gasteiger partial charge in [-0.2, -0.15) is 0 Å². The van der Waals surface area contributed by atoms with Gasteiger partial charge in [0.25, 0.3) is 0 Å². The number of hydrogen-bond donors (Lipinski definition) is 3. The molecule has 3 N–H and O–H groups in total. The normalized spacial score (nSPS) is 14.2. The molecule has 0 aromatic heterocycles. The zero-order chi connectivity index (χ0) is 8.85. The Morgan fingerprint density at radius 2 is 2.27 bits per heavy atom. The van der Waals surface area contributed by atoms with E-state index in [1.165, 1.54) is 0 Å². The van der Waals surface area contributed by atoms with E-state index in [4.69, 9.17) is 15.3 Å². The Balaban J connectivity index is 3.88. The van der Waals surface area contributed by atoms with Gasteiger partial charge in [0.2, 0.25) is 12.0 Å². The number of aliphatic hydroxyl groups is 3. The lowest BCUT2D eigenvalue weighted by atomic mass is 10.5. The molecule has 0 bridgehead atoms. The summed E-state index contributed by atoms with van der Waals surface area (Å²) in [5.41, 5.74) is 0. The van der Waals surface area contributed by atoms with Crippen molar-refractivity contribution in [3.05, 3.63) is 12.0 Å². The van der Waals surface area contributed by atoms with Gasteiger partial charge in [0.1, 0.15) is 6.26 Å². The van der Waals surface area contributed by atoms with Crippen molar-refractivity contribution in [2.45, 2.75) is 19.6 Å². The molecule has 11 heavy (non-hydrogen) atoms. The summed E-state index contributed by atoms with van der Waals surface area (Å²) in [5.74, 6) is -2.08. The van der Waals surface area contributed by atoms with Crippen molar-refractivity contribution in [3.63, 3.8) is 0 Å². The number of hydrogen-bond acceptors (Lipinski definition) is 5. The highest BCUT2D eigenvalue weighted by molar-refractivity contribution is 5.85. The van der Waals surface area contributed by atoms with Crippen LogP contribution >= 0.6 is 0 Å². The molecule has 1 atom stereocenters. The summed E-state index contributed by atoms with van der Waals surface area (Å²) in [6, 6.07) is 0. The Labute approximate surface area is 63.5 Å². The molecule has 0 heterocycles. The van der Waals surface area contributed by atoms with Gasteiger partial charge >= 0.3 is 5.97 Å². The summed E-state index contributed by atoms with van der Waals surface area (Å²) < 4.78 is 4.19. The number of carbonyl (C=O) groups excluding carboxylic acids is 1. The van der Waals surface area contributed by atoms with Gasteiger partial charge in [0, 0.05) is 6.42 Å². The smallest absolute Gasteiger partial charge is 0.378 e. The lowest BCUT2D eigenvalue weighted by molar-refractivity contribution is -0.166. The average molecular weight is 162 g/mol. The Bertz CT molecular complexity index is 162. The Kier molecular flexibility index (Phi) is 4.05. The molecule has 0 rings (SSSR count). The van der Waals surface area contributed by atoms with E-state index in [0.717, 1.165) is 0 Å². The number of rotatable bonds is 3. The lowest BCUT2D eigenvalue weighted by Gasteiger charge is -2.07. The van der Waals surface area contributed by atoms with Gasteiger partial charge in [-0.25, -0.2) is 4.79 Å². The first kappa shape index (κ1) is 9.77. The van der Waals surface area contributed by atoms with E-state index in [-0.39, 0.29) is 12.7 Å². The monoisotopic (exact) mass is 162 g/mol. The van der Waals surface area contributed by atoms with E-state index in [1.54, 1.807) is 6.92 Å². The zero-order valence-corrected chi connectivity index (χ0v) is 6.02. The number of carbonyl (C=O) groups is 1. The molecule has 5 heteroatoms. The first-order valence-electron chi connectivity index (χ1n) is 3.04. The number of esters is 1. The molecule has 0 radical (unpaired) electrons. The molecule has 0 saturated carbocycles. The van der Waals surface area contributed by atoms with Crippen LogP contribution in [0.1, 0.15) is 13.3 Å². The molecule has 5 nitrogen and oxygen atoms in total. The average Bonchev–Trinajstić information content (AvgIpc) is 2.02. The predicted molar refractivity (Wildman–Crippen MR) is 35.7 cm³/mol. The molecular formula is C6H10O5. The summed E-state index contributed by atoms with van der Waals surface area (Å²) in [6.45, 7) is 1.59. The predicted octanol–water partition coefficient (Wildman–Crippen LogP) is 0.215. The molecular weight excluding hydrogens is 152 g/mol. The first-order valence-corrected chi connectivity index (χ1v) is 3.04. The largest absolute Gasteiger partial charge is 0.511 e. The summed E-state index contributed by atoms with van der Waals surface area (Å²) in [7, 11) is 0. The second-order valence-corrected chi connectivity index (χ2v) is 1.78. The van der Waals surface area contributed by atoms with E-state index in [2.05, 4.69) is 4.74 Å². The van der Waals surface area contributed by atoms with Crippen molar-refractivity contribution >= 4 is 5.97 Å². The maximum atomic E-state index is 10.5. The van der Waals surface area contributed by atoms with Crippen LogP contribution in [0, 0.1) is 0 Å². The SMILES string of the molecule is CCC(O)OC(=O)/C(O)=C/O. The Morgan fingerprint density at radius 3 is 2.64 bits per heavy atom. The quantitative estimate of drug-likeness (QED) is 0.239. The van der Waals surface area contributed by atoms with E-state index in [1.807, 2.05) is 0 Å². The van der Waals surface area contributed by atoms with Crippen LogP contribution in [0.15, 0.2) is 12.0 Å². The van der Waals surface area contributed by atoms with Gasteiger partial charge in [0.05, 0.1) is 0 Å². The maximum Gasteiger partial charge on any atom is 0.378 e. The van der Waals surface area contributed by atoms with Crippen LogP contribution in [-0.4, -0.2) is 27.6 Å². The Morgan fingerprint density at radius 1 is 1.73 bits per heavy atom. The van der Waals surface area contributed by atoms with Gasteiger partial charge < -0.3 is 20.1 Å². The molecule has 1 unspecified atom stereocenters. The van der Waals surface area contributed by atoms with Crippen LogP contribution in [0.3, 0.4) is 0 Å². The highest BCUT2D eigenvalue weighted by atomic mass is 16.6. The number of aliphatic hydroxyl groups excluding tert-OH is 3. The van der Waals surface area contributed by atoms with Crippen molar-refractivity contribution in [2.24, 2.45) is 0 Å². The number of ether oxygens (including phenoxy) is 1. The molecule has 0 saturated heterocycles. The van der Waals surface area contributed by atoms with Gasteiger partial charge in [-0.1, -0.05) is 6.92 Å². The fraction of sp³-hybridized carbons (Fsp3) is 0.500. The van der Waals surface area contributed by atoms with Crippen LogP contribution in [0.5, 0.6) is 0 Å².